The quantitative estimate of drug-likeness (QED) is 0.681. The molecule has 27 heavy (non-hydrogen) atoms. The van der Waals surface area contributed by atoms with Crippen LogP contribution in [0.4, 0.5) is 0 Å². The van der Waals surface area contributed by atoms with Crippen LogP contribution in [-0.2, 0) is 16.4 Å². The molecule has 9 nitrogen and oxygen atoms in total. The van der Waals surface area contributed by atoms with E-state index in [0.717, 1.165) is 0 Å². The highest BCUT2D eigenvalue weighted by molar-refractivity contribution is 7.88. The summed E-state index contributed by atoms with van der Waals surface area (Å²) in [5.74, 6) is 1.36. The summed E-state index contributed by atoms with van der Waals surface area (Å²) >= 11 is 0. The molecule has 1 fully saturated rings. The van der Waals surface area contributed by atoms with Crippen LogP contribution in [0.2, 0.25) is 0 Å². The van der Waals surface area contributed by atoms with Gasteiger partial charge in [0.1, 0.15) is 5.75 Å². The Balaban J connectivity index is 1.62. The van der Waals surface area contributed by atoms with Crippen LogP contribution in [0, 0.1) is 6.92 Å². The third-order valence-electron chi connectivity index (χ3n) is 4.42. The zero-order valence-electron chi connectivity index (χ0n) is 15.5. The van der Waals surface area contributed by atoms with Crippen molar-refractivity contribution in [1.29, 1.82) is 0 Å². The van der Waals surface area contributed by atoms with Crippen LogP contribution in [-0.4, -0.2) is 72.7 Å². The van der Waals surface area contributed by atoms with E-state index in [2.05, 4.69) is 10.1 Å². The molecule has 0 aliphatic carbocycles. The van der Waals surface area contributed by atoms with E-state index in [4.69, 9.17) is 9.26 Å². The van der Waals surface area contributed by atoms with E-state index in [1.54, 1.807) is 43.2 Å². The summed E-state index contributed by atoms with van der Waals surface area (Å²) in [5, 5.41) is 3.79. The second-order valence-corrected chi connectivity index (χ2v) is 8.38. The van der Waals surface area contributed by atoms with Gasteiger partial charge in [-0.25, -0.2) is 8.42 Å². The number of hydrogen-bond donors (Lipinski definition) is 0. The smallest absolute Gasteiger partial charge is 0.254 e. The number of carbonyl (C=O) groups excluding carboxylic acids is 1. The summed E-state index contributed by atoms with van der Waals surface area (Å²) in [5.41, 5.74) is 0.515. The molecular formula is C17H22N4O5S. The fraction of sp³-hybridized carbons (Fsp3) is 0.471. The molecule has 3 rings (SSSR count). The van der Waals surface area contributed by atoms with E-state index < -0.39 is 10.0 Å². The summed E-state index contributed by atoms with van der Waals surface area (Å²) in [6, 6.07) is 6.63. The first-order chi connectivity index (χ1) is 12.8. The fourth-order valence-electron chi connectivity index (χ4n) is 3.01. The maximum absolute atomic E-state index is 12.6. The van der Waals surface area contributed by atoms with Crippen molar-refractivity contribution in [2.45, 2.75) is 19.4 Å². The number of aromatic nitrogens is 2. The van der Waals surface area contributed by atoms with Gasteiger partial charge >= 0.3 is 0 Å². The third kappa shape index (κ3) is 4.45. The molecule has 0 unspecified atom stereocenters. The Labute approximate surface area is 158 Å². The monoisotopic (exact) mass is 394 g/mol. The van der Waals surface area contributed by atoms with E-state index in [1.165, 1.54) is 10.6 Å². The molecule has 1 aromatic heterocycles. The number of sulfonamides is 1. The lowest BCUT2D eigenvalue weighted by Gasteiger charge is -2.44. The van der Waals surface area contributed by atoms with Crippen LogP contribution in [0.3, 0.4) is 0 Å². The average Bonchev–Trinajstić information content (AvgIpc) is 3.00. The van der Waals surface area contributed by atoms with E-state index in [-0.39, 0.29) is 18.5 Å². The molecule has 1 aromatic carbocycles. The van der Waals surface area contributed by atoms with E-state index >= 15 is 0 Å². The van der Waals surface area contributed by atoms with Crippen molar-refractivity contribution in [3.8, 4) is 5.75 Å². The second-order valence-electron chi connectivity index (χ2n) is 6.45. The van der Waals surface area contributed by atoms with E-state index in [1.807, 2.05) is 0 Å². The number of aryl methyl sites for hydroxylation is 1. The van der Waals surface area contributed by atoms with Crippen LogP contribution in [0.15, 0.2) is 28.8 Å². The van der Waals surface area contributed by atoms with Crippen LogP contribution >= 0.6 is 0 Å². The Morgan fingerprint density at radius 1 is 1.41 bits per heavy atom. The first-order valence-corrected chi connectivity index (χ1v) is 10.3. The zero-order chi connectivity index (χ0) is 19.6. The highest BCUT2D eigenvalue weighted by Gasteiger charge is 2.39. The highest BCUT2D eigenvalue weighted by atomic mass is 32.2. The maximum Gasteiger partial charge on any atom is 0.254 e. The van der Waals surface area contributed by atoms with Crippen molar-refractivity contribution in [2.75, 3.05) is 33.0 Å². The van der Waals surface area contributed by atoms with Crippen molar-refractivity contribution in [3.63, 3.8) is 0 Å². The normalized spacial score (nSPS) is 15.0. The summed E-state index contributed by atoms with van der Waals surface area (Å²) in [7, 11) is -1.88. The van der Waals surface area contributed by atoms with Gasteiger partial charge in [-0.15, -0.1) is 0 Å². The first kappa shape index (κ1) is 19.3. The van der Waals surface area contributed by atoms with Gasteiger partial charge in [0, 0.05) is 38.5 Å². The van der Waals surface area contributed by atoms with Gasteiger partial charge in [-0.2, -0.15) is 9.29 Å². The maximum atomic E-state index is 12.6. The van der Waals surface area contributed by atoms with Gasteiger partial charge < -0.3 is 14.2 Å². The molecular weight excluding hydrogens is 372 g/mol. The largest absolute Gasteiger partial charge is 0.497 e. The summed E-state index contributed by atoms with van der Waals surface area (Å²) in [6.45, 7) is 2.60. The van der Waals surface area contributed by atoms with Gasteiger partial charge in [-0.3, -0.25) is 4.79 Å². The predicted molar refractivity (Wildman–Crippen MR) is 97.0 cm³/mol. The molecule has 0 N–H and O–H groups in total. The van der Waals surface area contributed by atoms with Gasteiger partial charge in [-0.05, 0) is 18.2 Å². The van der Waals surface area contributed by atoms with Crippen LogP contribution < -0.4 is 4.74 Å². The number of rotatable bonds is 7. The summed E-state index contributed by atoms with van der Waals surface area (Å²) in [6.07, 6.45) is 1.52. The Morgan fingerprint density at radius 3 is 2.74 bits per heavy atom. The number of carbonyl (C=O) groups is 1. The number of ether oxygens (including phenoxy) is 1. The lowest BCUT2D eigenvalue weighted by Crippen LogP contribution is -2.62. The van der Waals surface area contributed by atoms with Crippen molar-refractivity contribution in [3.05, 3.63) is 41.5 Å². The zero-order valence-corrected chi connectivity index (χ0v) is 16.3. The minimum atomic E-state index is -3.42. The molecule has 146 valence electrons. The number of likely N-dealkylation sites (tertiary alicyclic amines) is 1. The Morgan fingerprint density at radius 2 is 2.15 bits per heavy atom. The number of hydrogen-bond acceptors (Lipinski definition) is 7. The molecule has 1 aliphatic rings. The molecule has 1 aliphatic heterocycles. The Hall–Kier alpha value is -2.46. The number of amides is 1. The van der Waals surface area contributed by atoms with Gasteiger partial charge in [-0.1, -0.05) is 11.2 Å². The molecule has 0 radical (unpaired) electrons. The van der Waals surface area contributed by atoms with Crippen molar-refractivity contribution < 1.29 is 22.5 Å². The van der Waals surface area contributed by atoms with Crippen molar-refractivity contribution >= 4 is 15.9 Å². The minimum absolute atomic E-state index is 0.146. The Kier molecular flexibility index (Phi) is 5.47. The molecule has 10 heteroatoms. The minimum Gasteiger partial charge on any atom is -0.497 e. The molecule has 2 heterocycles. The molecule has 1 saturated heterocycles. The van der Waals surface area contributed by atoms with Gasteiger partial charge in [0.2, 0.25) is 15.9 Å². The summed E-state index contributed by atoms with van der Waals surface area (Å²) < 4.78 is 35.8. The highest BCUT2D eigenvalue weighted by Crippen LogP contribution is 2.22. The lowest BCUT2D eigenvalue weighted by molar-refractivity contribution is 0.0454. The first-order valence-electron chi connectivity index (χ1n) is 8.47. The molecule has 0 atom stereocenters. The number of methoxy groups -OCH3 is 1. The average molecular weight is 394 g/mol. The van der Waals surface area contributed by atoms with Crippen LogP contribution in [0.5, 0.6) is 5.75 Å². The van der Waals surface area contributed by atoms with Gasteiger partial charge in [0.25, 0.3) is 5.91 Å². The van der Waals surface area contributed by atoms with Crippen LogP contribution in [0.1, 0.15) is 22.1 Å². The number of benzene rings is 1. The molecule has 1 amide bonds. The summed E-state index contributed by atoms with van der Waals surface area (Å²) in [4.78, 5) is 18.3. The van der Waals surface area contributed by atoms with E-state index in [9.17, 15) is 13.2 Å². The molecule has 0 bridgehead atoms. The number of nitrogens with zero attached hydrogens (tertiary/aromatic N) is 4. The SMILES string of the molecule is COc1cccc(C(=O)N2CC(N(CCc3noc(C)n3)S(C)(=O)=O)C2)c1. The van der Waals surface area contributed by atoms with Crippen molar-refractivity contribution in [1.82, 2.24) is 19.3 Å². The fourth-order valence-corrected chi connectivity index (χ4v) is 4.11. The second kappa shape index (κ2) is 7.65. The topological polar surface area (TPSA) is 106 Å². The third-order valence-corrected chi connectivity index (χ3v) is 5.76. The van der Waals surface area contributed by atoms with Crippen molar-refractivity contribution in [2.24, 2.45) is 0 Å². The predicted octanol–water partition coefficient (Wildman–Crippen LogP) is 0.715. The standard InChI is InChI=1S/C17H22N4O5S/c1-12-18-16(19-26-12)7-8-21(27(3,23)24)14-10-20(11-14)17(22)13-5-4-6-15(9-13)25-2/h4-6,9,14H,7-8,10-11H2,1-3H3. The van der Waals surface area contributed by atoms with Crippen LogP contribution in [0.25, 0.3) is 0 Å². The Bertz CT molecular complexity index is 921. The molecule has 2 aromatic rings. The van der Waals surface area contributed by atoms with Gasteiger partial charge in [0.05, 0.1) is 19.4 Å². The molecule has 0 saturated carbocycles. The van der Waals surface area contributed by atoms with Gasteiger partial charge in [0.15, 0.2) is 5.82 Å². The lowest BCUT2D eigenvalue weighted by atomic mass is 10.1. The van der Waals surface area contributed by atoms with E-state index in [0.29, 0.717) is 42.5 Å². The molecule has 0 spiro atoms.